The van der Waals surface area contributed by atoms with Crippen molar-refractivity contribution in [3.63, 3.8) is 0 Å². The second kappa shape index (κ2) is 14.8. The molecule has 28 heavy (non-hydrogen) atoms. The maximum absolute atomic E-state index is 2.19. The molecule has 0 saturated heterocycles. The first kappa shape index (κ1) is 24.9. The quantitative estimate of drug-likeness (QED) is 0.302. The predicted octanol–water partition coefficient (Wildman–Crippen LogP) is 3.84. The van der Waals surface area contributed by atoms with Crippen LogP contribution in [0.15, 0.2) is 121 Å². The summed E-state index contributed by atoms with van der Waals surface area (Å²) in [5, 5.41) is 0. The summed E-state index contributed by atoms with van der Waals surface area (Å²) in [5.74, 6) is 0. The Hall–Kier alpha value is -1.12. The third kappa shape index (κ3) is 9.38. The molecule has 0 bridgehead atoms. The van der Waals surface area contributed by atoms with Gasteiger partial charge < -0.3 is 0 Å². The van der Waals surface area contributed by atoms with E-state index in [1.54, 1.807) is 0 Å². The van der Waals surface area contributed by atoms with Gasteiger partial charge in [0, 0.05) is 0 Å². The second-order valence-electron chi connectivity index (χ2n) is 5.46. The number of benzene rings is 4. The molecule has 4 aromatic rings. The number of hydrogen-bond acceptors (Lipinski definition) is 0. The van der Waals surface area contributed by atoms with Crippen LogP contribution in [0.1, 0.15) is 0 Å². The molecule has 0 spiro atoms. The van der Waals surface area contributed by atoms with Crippen LogP contribution in [0.4, 0.5) is 0 Å². The third-order valence-electron chi connectivity index (χ3n) is 3.44. The molecule has 4 heteroatoms. The predicted molar refractivity (Wildman–Crippen MR) is 136 cm³/mol. The first-order chi connectivity index (χ1) is 12.9. The van der Waals surface area contributed by atoms with Crippen molar-refractivity contribution in [2.75, 3.05) is 0 Å². The molecule has 0 atom stereocenters. The van der Waals surface area contributed by atoms with Crippen molar-refractivity contribution in [1.82, 2.24) is 0 Å². The van der Waals surface area contributed by atoms with Crippen molar-refractivity contribution < 1.29 is 0 Å². The van der Waals surface area contributed by atoms with E-state index in [-0.39, 0.29) is 34.0 Å². The SMILES string of the molecule is Br.Br.c1ccc([Se]c2ccccc2)cc1.c1ccc([Se]c2ccccc2)cc1. The molecule has 0 radical (unpaired) electrons. The maximum atomic E-state index is 2.19. The zero-order valence-electron chi connectivity index (χ0n) is 15.2. The van der Waals surface area contributed by atoms with Crippen LogP contribution in [0.2, 0.25) is 0 Å². The molecule has 0 amide bonds. The van der Waals surface area contributed by atoms with E-state index >= 15 is 0 Å². The van der Waals surface area contributed by atoms with E-state index in [2.05, 4.69) is 121 Å². The number of rotatable bonds is 4. The van der Waals surface area contributed by atoms with Gasteiger partial charge in [0.15, 0.2) is 0 Å². The van der Waals surface area contributed by atoms with Gasteiger partial charge in [-0.25, -0.2) is 0 Å². The van der Waals surface area contributed by atoms with Crippen LogP contribution in [-0.2, 0) is 0 Å². The van der Waals surface area contributed by atoms with Crippen molar-refractivity contribution in [3.8, 4) is 0 Å². The van der Waals surface area contributed by atoms with Gasteiger partial charge in [0.2, 0.25) is 0 Å². The minimum absolute atomic E-state index is 0. The summed E-state index contributed by atoms with van der Waals surface area (Å²) in [7, 11) is 0. The van der Waals surface area contributed by atoms with Gasteiger partial charge in [-0.05, 0) is 0 Å². The summed E-state index contributed by atoms with van der Waals surface area (Å²) < 4.78 is 5.73. The molecular formula is C24H22Br2Se2. The molecule has 0 unspecified atom stereocenters. The molecule has 0 saturated carbocycles. The molecule has 0 aromatic heterocycles. The van der Waals surface area contributed by atoms with Crippen molar-refractivity contribution in [2.45, 2.75) is 0 Å². The Morgan fingerprint density at radius 2 is 0.464 bits per heavy atom. The standard InChI is InChI=1S/2C12H10Se.2BrH/c2*1-3-7-11(8-4-1)13-12-9-5-2-6-10-12;;/h2*1-10H;2*1H. The van der Waals surface area contributed by atoms with Gasteiger partial charge >= 0.3 is 169 Å². The van der Waals surface area contributed by atoms with E-state index in [4.69, 9.17) is 0 Å². The molecule has 4 aromatic carbocycles. The van der Waals surface area contributed by atoms with E-state index in [0.29, 0.717) is 29.9 Å². The van der Waals surface area contributed by atoms with Gasteiger partial charge in [0.25, 0.3) is 0 Å². The molecule has 0 fully saturated rings. The van der Waals surface area contributed by atoms with Crippen molar-refractivity contribution in [2.24, 2.45) is 0 Å². The summed E-state index contributed by atoms with van der Waals surface area (Å²) >= 11 is 0.922. The normalized spacial score (nSPS) is 9.14. The topological polar surface area (TPSA) is 0 Å². The zero-order valence-corrected chi connectivity index (χ0v) is 22.0. The second-order valence-corrected chi connectivity index (χ2v) is 10.3. The van der Waals surface area contributed by atoms with Gasteiger partial charge in [0.05, 0.1) is 0 Å². The molecule has 0 N–H and O–H groups in total. The fourth-order valence-corrected chi connectivity index (χ4v) is 5.83. The summed E-state index contributed by atoms with van der Waals surface area (Å²) in [4.78, 5) is 0. The van der Waals surface area contributed by atoms with E-state index in [0.717, 1.165) is 0 Å². The Labute approximate surface area is 201 Å². The van der Waals surface area contributed by atoms with Gasteiger partial charge in [0.1, 0.15) is 0 Å². The Morgan fingerprint density at radius 3 is 0.643 bits per heavy atom. The van der Waals surface area contributed by atoms with E-state index in [1.807, 2.05) is 0 Å². The molecular weight excluding hydrogens is 606 g/mol. The van der Waals surface area contributed by atoms with Crippen LogP contribution in [0.3, 0.4) is 0 Å². The van der Waals surface area contributed by atoms with Crippen LogP contribution < -0.4 is 17.8 Å². The fourth-order valence-electron chi connectivity index (χ4n) is 2.23. The van der Waals surface area contributed by atoms with Crippen LogP contribution in [0, 0.1) is 0 Å². The Morgan fingerprint density at radius 1 is 0.286 bits per heavy atom. The zero-order chi connectivity index (χ0) is 17.9. The van der Waals surface area contributed by atoms with E-state index in [1.165, 1.54) is 17.8 Å². The number of hydrogen-bond donors (Lipinski definition) is 0. The summed E-state index contributed by atoms with van der Waals surface area (Å²) in [6.45, 7) is 0. The monoisotopic (exact) mass is 628 g/mol. The van der Waals surface area contributed by atoms with Crippen LogP contribution >= 0.6 is 34.0 Å². The number of halogens is 2. The molecule has 144 valence electrons. The van der Waals surface area contributed by atoms with Crippen LogP contribution in [0.25, 0.3) is 0 Å². The van der Waals surface area contributed by atoms with Crippen LogP contribution in [0.5, 0.6) is 0 Å². The first-order valence-corrected chi connectivity index (χ1v) is 11.9. The molecule has 4 rings (SSSR count). The molecule has 0 aliphatic rings. The Kier molecular flexibility index (Phi) is 13.2. The van der Waals surface area contributed by atoms with E-state index in [9.17, 15) is 0 Å². The Balaban J connectivity index is 0.000000261. The summed E-state index contributed by atoms with van der Waals surface area (Å²) in [6, 6.07) is 42.5. The molecule has 0 nitrogen and oxygen atoms in total. The fraction of sp³-hybridized carbons (Fsp3) is 0. The molecule has 0 aliphatic heterocycles. The minimum atomic E-state index is 0. The third-order valence-corrected chi connectivity index (χ3v) is 7.71. The molecule has 0 heterocycles. The first-order valence-electron chi connectivity index (χ1n) is 8.46. The van der Waals surface area contributed by atoms with Gasteiger partial charge in [-0.2, -0.15) is 0 Å². The van der Waals surface area contributed by atoms with Gasteiger partial charge in [-0.3, -0.25) is 0 Å². The van der Waals surface area contributed by atoms with Crippen molar-refractivity contribution in [3.05, 3.63) is 121 Å². The van der Waals surface area contributed by atoms with E-state index < -0.39 is 0 Å². The van der Waals surface area contributed by atoms with Crippen molar-refractivity contribution >= 4 is 81.7 Å². The van der Waals surface area contributed by atoms with Crippen molar-refractivity contribution in [1.29, 1.82) is 0 Å². The van der Waals surface area contributed by atoms with Crippen LogP contribution in [-0.4, -0.2) is 29.9 Å². The summed E-state index contributed by atoms with van der Waals surface area (Å²) in [5.41, 5.74) is 0. The average molecular weight is 628 g/mol. The Bertz CT molecular complexity index is 719. The van der Waals surface area contributed by atoms with Gasteiger partial charge in [-0.15, -0.1) is 34.0 Å². The average Bonchev–Trinajstić information content (AvgIpc) is 2.72. The van der Waals surface area contributed by atoms with Gasteiger partial charge in [-0.1, -0.05) is 0 Å². The molecule has 0 aliphatic carbocycles. The summed E-state index contributed by atoms with van der Waals surface area (Å²) in [6.07, 6.45) is 0.